The first-order chi connectivity index (χ1) is 14.4. The molecule has 1 aliphatic heterocycles. The van der Waals surface area contributed by atoms with E-state index in [1.807, 2.05) is 17.9 Å². The van der Waals surface area contributed by atoms with Crippen LogP contribution in [0, 0.1) is 12.8 Å². The molecule has 0 spiro atoms. The number of aryl methyl sites for hydroxylation is 1. The number of rotatable bonds is 6. The molecule has 1 amide bonds. The maximum atomic E-state index is 13.3. The smallest absolute Gasteiger partial charge is 0.274 e. The van der Waals surface area contributed by atoms with Crippen molar-refractivity contribution in [3.63, 3.8) is 0 Å². The lowest BCUT2D eigenvalue weighted by atomic mass is 9.90. The van der Waals surface area contributed by atoms with Gasteiger partial charge in [-0.1, -0.05) is 19.0 Å². The highest BCUT2D eigenvalue weighted by molar-refractivity contribution is 5.94. The van der Waals surface area contributed by atoms with Crippen LogP contribution in [0.4, 0.5) is 0 Å². The minimum absolute atomic E-state index is 0.0474. The number of fused-ring (bicyclic) bond motifs is 1. The number of morpholine rings is 1. The molecule has 2 aromatic heterocycles. The van der Waals surface area contributed by atoms with Crippen LogP contribution < -0.4 is 0 Å². The molecule has 1 atom stereocenters. The molecule has 3 heterocycles. The average molecular weight is 416 g/mol. The Morgan fingerprint density at radius 1 is 1.33 bits per heavy atom. The molecule has 1 fully saturated rings. The molecular formula is C22H33N5O3. The summed E-state index contributed by atoms with van der Waals surface area (Å²) in [6, 6.07) is 2.33. The third-order valence-corrected chi connectivity index (χ3v) is 6.06. The molecule has 1 aliphatic carbocycles. The summed E-state index contributed by atoms with van der Waals surface area (Å²) in [6.07, 6.45) is 2.82. The molecule has 0 aromatic carbocycles. The lowest BCUT2D eigenvalue weighted by Crippen LogP contribution is -2.42. The number of nitrogens with zero attached hydrogens (tertiary/aromatic N) is 5. The van der Waals surface area contributed by atoms with Crippen LogP contribution in [0.5, 0.6) is 0 Å². The summed E-state index contributed by atoms with van der Waals surface area (Å²) in [5.41, 5.74) is 3.91. The largest absolute Gasteiger partial charge is 0.378 e. The van der Waals surface area contributed by atoms with Gasteiger partial charge in [0.2, 0.25) is 0 Å². The predicted molar refractivity (Wildman–Crippen MR) is 112 cm³/mol. The average Bonchev–Trinajstić information content (AvgIpc) is 3.30. The van der Waals surface area contributed by atoms with Gasteiger partial charge in [-0.3, -0.25) is 14.4 Å². The standard InChI is InChI=1S/C22H33N5O3/c1-15(2)13-27-20-6-5-17(25(4)14-18-11-16(3)24-30-18)12-19(20)21(23-27)22(28)26-7-9-29-10-8-26/h11,15,17H,5-10,12-14H2,1-4H3/t17-/m0/s1. The number of likely N-dealkylation sites (N-methyl/N-ethyl adjacent to an activating group) is 1. The van der Waals surface area contributed by atoms with Crippen LogP contribution in [0.15, 0.2) is 10.6 Å². The highest BCUT2D eigenvalue weighted by atomic mass is 16.5. The Labute approximate surface area is 178 Å². The highest BCUT2D eigenvalue weighted by Gasteiger charge is 2.33. The van der Waals surface area contributed by atoms with Crippen molar-refractivity contribution < 1.29 is 14.1 Å². The summed E-state index contributed by atoms with van der Waals surface area (Å²) in [5, 5.41) is 8.82. The van der Waals surface area contributed by atoms with E-state index in [4.69, 9.17) is 14.4 Å². The second-order valence-electron chi connectivity index (χ2n) is 9.00. The fraction of sp³-hybridized carbons (Fsp3) is 0.682. The Hall–Kier alpha value is -2.19. The third-order valence-electron chi connectivity index (χ3n) is 6.06. The van der Waals surface area contributed by atoms with Crippen molar-refractivity contribution in [1.82, 2.24) is 24.7 Å². The number of aromatic nitrogens is 3. The van der Waals surface area contributed by atoms with Crippen molar-refractivity contribution in [3.05, 3.63) is 34.5 Å². The number of hydrogen-bond donors (Lipinski definition) is 0. The molecule has 0 unspecified atom stereocenters. The van der Waals surface area contributed by atoms with Crippen LogP contribution >= 0.6 is 0 Å². The molecule has 0 N–H and O–H groups in total. The molecule has 2 aromatic rings. The van der Waals surface area contributed by atoms with Crippen molar-refractivity contribution in [2.45, 2.75) is 59.2 Å². The van der Waals surface area contributed by atoms with E-state index < -0.39 is 0 Å². The van der Waals surface area contributed by atoms with Crippen LogP contribution in [-0.4, -0.2) is 70.0 Å². The summed E-state index contributed by atoms with van der Waals surface area (Å²) in [7, 11) is 2.12. The minimum atomic E-state index is 0.0474. The van der Waals surface area contributed by atoms with E-state index in [1.165, 1.54) is 5.69 Å². The van der Waals surface area contributed by atoms with Crippen molar-refractivity contribution in [2.24, 2.45) is 5.92 Å². The van der Waals surface area contributed by atoms with E-state index in [-0.39, 0.29) is 5.91 Å². The molecule has 4 rings (SSSR count). The van der Waals surface area contributed by atoms with Gasteiger partial charge >= 0.3 is 0 Å². The number of carbonyl (C=O) groups is 1. The zero-order valence-electron chi connectivity index (χ0n) is 18.6. The Kier molecular flexibility index (Phi) is 6.24. The van der Waals surface area contributed by atoms with Gasteiger partial charge in [0, 0.05) is 43.0 Å². The SMILES string of the molecule is Cc1cc(CN(C)[C@H]2CCc3c(c(C(=O)N4CCOCC4)nn3CC(C)C)C2)on1. The van der Waals surface area contributed by atoms with Crippen molar-refractivity contribution in [2.75, 3.05) is 33.4 Å². The summed E-state index contributed by atoms with van der Waals surface area (Å²) in [5.74, 6) is 1.41. The number of carbonyl (C=O) groups excluding carboxylic acids is 1. The van der Waals surface area contributed by atoms with Crippen LogP contribution in [0.1, 0.15) is 53.5 Å². The zero-order chi connectivity index (χ0) is 21.3. The first-order valence-electron chi connectivity index (χ1n) is 11.0. The van der Waals surface area contributed by atoms with Crippen molar-refractivity contribution >= 4 is 5.91 Å². The van der Waals surface area contributed by atoms with Crippen LogP contribution in [0.25, 0.3) is 0 Å². The van der Waals surface area contributed by atoms with E-state index in [0.717, 1.165) is 42.8 Å². The van der Waals surface area contributed by atoms with Gasteiger partial charge in [-0.2, -0.15) is 5.10 Å². The summed E-state index contributed by atoms with van der Waals surface area (Å²) < 4.78 is 12.9. The van der Waals surface area contributed by atoms with E-state index in [2.05, 4.69) is 35.6 Å². The molecule has 0 radical (unpaired) electrons. The fourth-order valence-corrected chi connectivity index (χ4v) is 4.50. The molecule has 0 bridgehead atoms. The normalized spacial score (nSPS) is 19.5. The quantitative estimate of drug-likeness (QED) is 0.721. The van der Waals surface area contributed by atoms with Gasteiger partial charge in [0.05, 0.1) is 25.5 Å². The first-order valence-corrected chi connectivity index (χ1v) is 11.0. The van der Waals surface area contributed by atoms with E-state index in [0.29, 0.717) is 50.5 Å². The molecule has 30 heavy (non-hydrogen) atoms. The van der Waals surface area contributed by atoms with Gasteiger partial charge in [-0.05, 0) is 39.2 Å². The Balaban J connectivity index is 1.57. The van der Waals surface area contributed by atoms with Gasteiger partial charge in [0.25, 0.3) is 5.91 Å². The van der Waals surface area contributed by atoms with E-state index in [9.17, 15) is 4.79 Å². The highest BCUT2D eigenvalue weighted by Crippen LogP contribution is 2.29. The number of ether oxygens (including phenoxy) is 1. The van der Waals surface area contributed by atoms with Crippen molar-refractivity contribution in [1.29, 1.82) is 0 Å². The minimum Gasteiger partial charge on any atom is -0.378 e. The number of hydrogen-bond acceptors (Lipinski definition) is 6. The molecule has 8 nitrogen and oxygen atoms in total. The summed E-state index contributed by atoms with van der Waals surface area (Å²) >= 11 is 0. The van der Waals surface area contributed by atoms with Gasteiger partial charge in [0.15, 0.2) is 11.5 Å². The van der Waals surface area contributed by atoms with Gasteiger partial charge in [-0.25, -0.2) is 0 Å². The number of amides is 1. The Morgan fingerprint density at radius 3 is 2.77 bits per heavy atom. The second kappa shape index (κ2) is 8.89. The van der Waals surface area contributed by atoms with E-state index >= 15 is 0 Å². The molecule has 2 aliphatic rings. The predicted octanol–water partition coefficient (Wildman–Crippen LogP) is 2.30. The maximum absolute atomic E-state index is 13.3. The van der Waals surface area contributed by atoms with Crippen LogP contribution in [0.2, 0.25) is 0 Å². The monoisotopic (exact) mass is 415 g/mol. The lowest BCUT2D eigenvalue weighted by molar-refractivity contribution is 0.0297. The van der Waals surface area contributed by atoms with Gasteiger partial charge in [0.1, 0.15) is 0 Å². The van der Waals surface area contributed by atoms with E-state index in [1.54, 1.807) is 0 Å². The maximum Gasteiger partial charge on any atom is 0.274 e. The molecule has 164 valence electrons. The van der Waals surface area contributed by atoms with Gasteiger partial charge in [-0.15, -0.1) is 0 Å². The van der Waals surface area contributed by atoms with Crippen molar-refractivity contribution in [3.8, 4) is 0 Å². The first kappa shape index (κ1) is 21.1. The summed E-state index contributed by atoms with van der Waals surface area (Å²) in [4.78, 5) is 17.5. The zero-order valence-corrected chi connectivity index (χ0v) is 18.6. The van der Waals surface area contributed by atoms with Gasteiger partial charge < -0.3 is 14.2 Å². The third kappa shape index (κ3) is 4.44. The Bertz CT molecular complexity index is 881. The molecule has 8 heteroatoms. The fourth-order valence-electron chi connectivity index (χ4n) is 4.50. The Morgan fingerprint density at radius 2 is 2.10 bits per heavy atom. The second-order valence-corrected chi connectivity index (χ2v) is 9.00. The topological polar surface area (TPSA) is 76.6 Å². The molecular weight excluding hydrogens is 382 g/mol. The van der Waals surface area contributed by atoms with Crippen LogP contribution in [0.3, 0.4) is 0 Å². The lowest BCUT2D eigenvalue weighted by Gasteiger charge is -2.31. The summed E-state index contributed by atoms with van der Waals surface area (Å²) in [6.45, 7) is 10.4. The molecule has 1 saturated heterocycles. The molecule has 0 saturated carbocycles. The van der Waals surface area contributed by atoms with Crippen LogP contribution in [-0.2, 0) is 30.7 Å².